The zero-order valence-electron chi connectivity index (χ0n) is 22.5. The van der Waals surface area contributed by atoms with E-state index in [4.69, 9.17) is 5.73 Å². The Morgan fingerprint density at radius 3 is 2.31 bits per heavy atom. The van der Waals surface area contributed by atoms with Gasteiger partial charge in [-0.1, -0.05) is 63.4 Å². The molecule has 1 aliphatic rings. The van der Waals surface area contributed by atoms with Crippen LogP contribution in [0.4, 0.5) is 11.4 Å². The highest BCUT2D eigenvalue weighted by atomic mass is 16.2. The maximum absolute atomic E-state index is 13.4. The number of hydrogen-bond donors (Lipinski definition) is 2. The van der Waals surface area contributed by atoms with Crippen LogP contribution in [0.2, 0.25) is 0 Å². The maximum atomic E-state index is 13.4. The van der Waals surface area contributed by atoms with Crippen molar-refractivity contribution >= 4 is 23.2 Å². The largest absolute Gasteiger partial charge is 0.373 e. The van der Waals surface area contributed by atoms with Crippen LogP contribution in [-0.2, 0) is 11.3 Å². The van der Waals surface area contributed by atoms with Crippen LogP contribution in [0.1, 0.15) is 74.7 Å². The predicted molar refractivity (Wildman–Crippen MR) is 149 cm³/mol. The van der Waals surface area contributed by atoms with Gasteiger partial charge in [-0.25, -0.2) is 0 Å². The molecule has 2 amide bonds. The number of amides is 2. The van der Waals surface area contributed by atoms with Gasteiger partial charge in [0.25, 0.3) is 5.91 Å². The molecule has 1 fully saturated rings. The summed E-state index contributed by atoms with van der Waals surface area (Å²) in [5.74, 6) is 0.413. The number of rotatable bonds is 12. The van der Waals surface area contributed by atoms with Gasteiger partial charge in [0.1, 0.15) is 0 Å². The van der Waals surface area contributed by atoms with Crippen molar-refractivity contribution in [3.05, 3.63) is 59.7 Å². The van der Waals surface area contributed by atoms with Gasteiger partial charge < -0.3 is 20.9 Å². The molecule has 0 aliphatic heterocycles. The Bertz CT molecular complexity index is 986. The molecule has 0 spiro atoms. The summed E-state index contributed by atoms with van der Waals surface area (Å²) in [4.78, 5) is 29.7. The molecule has 0 aromatic heterocycles. The molecule has 1 unspecified atom stereocenters. The molecule has 6 nitrogen and oxygen atoms in total. The number of hydrogen-bond acceptors (Lipinski definition) is 4. The van der Waals surface area contributed by atoms with Gasteiger partial charge in [-0.05, 0) is 54.9 Å². The fourth-order valence-corrected chi connectivity index (χ4v) is 5.15. The van der Waals surface area contributed by atoms with Crippen molar-refractivity contribution in [2.75, 3.05) is 30.4 Å². The second-order valence-electron chi connectivity index (χ2n) is 10.8. The van der Waals surface area contributed by atoms with Crippen molar-refractivity contribution in [1.29, 1.82) is 0 Å². The highest BCUT2D eigenvalue weighted by molar-refractivity contribution is 5.97. The molecule has 0 bridgehead atoms. The van der Waals surface area contributed by atoms with E-state index >= 15 is 0 Å². The van der Waals surface area contributed by atoms with Crippen LogP contribution in [0.25, 0.3) is 0 Å². The predicted octanol–water partition coefficient (Wildman–Crippen LogP) is 5.36. The van der Waals surface area contributed by atoms with E-state index in [1.165, 1.54) is 12.0 Å². The summed E-state index contributed by atoms with van der Waals surface area (Å²) >= 11 is 0. The van der Waals surface area contributed by atoms with E-state index in [0.29, 0.717) is 17.4 Å². The zero-order chi connectivity index (χ0) is 26.1. The van der Waals surface area contributed by atoms with E-state index in [-0.39, 0.29) is 24.3 Å². The summed E-state index contributed by atoms with van der Waals surface area (Å²) in [6.45, 7) is 6.15. The lowest BCUT2D eigenvalue weighted by Crippen LogP contribution is -2.43. The molecule has 196 valence electrons. The fourth-order valence-electron chi connectivity index (χ4n) is 5.15. The van der Waals surface area contributed by atoms with E-state index in [0.717, 1.165) is 56.6 Å². The third-order valence-electron chi connectivity index (χ3n) is 7.32. The molecule has 6 heteroatoms. The third-order valence-corrected chi connectivity index (χ3v) is 7.32. The Morgan fingerprint density at radius 2 is 1.67 bits per heavy atom. The molecule has 0 heterocycles. The van der Waals surface area contributed by atoms with Crippen LogP contribution in [-0.4, -0.2) is 38.5 Å². The highest BCUT2D eigenvalue weighted by Crippen LogP contribution is 2.32. The lowest BCUT2D eigenvalue weighted by Gasteiger charge is -2.31. The smallest absolute Gasteiger partial charge is 0.251 e. The topological polar surface area (TPSA) is 78.7 Å². The fraction of sp³-hybridized carbons (Fsp3) is 0.533. The number of benzene rings is 2. The number of primary amides is 1. The molecule has 0 saturated heterocycles. The molecule has 3 rings (SSSR count). The third kappa shape index (κ3) is 8.00. The normalized spacial score (nSPS) is 14.9. The average Bonchev–Trinajstić information content (AvgIpc) is 2.87. The minimum absolute atomic E-state index is 0.141. The monoisotopic (exact) mass is 492 g/mol. The van der Waals surface area contributed by atoms with E-state index in [1.54, 1.807) is 0 Å². The van der Waals surface area contributed by atoms with Crippen molar-refractivity contribution < 1.29 is 9.59 Å². The van der Waals surface area contributed by atoms with Crippen LogP contribution in [0, 0.1) is 11.8 Å². The van der Waals surface area contributed by atoms with Crippen LogP contribution in [0.15, 0.2) is 48.5 Å². The van der Waals surface area contributed by atoms with Gasteiger partial charge in [-0.3, -0.25) is 9.59 Å². The summed E-state index contributed by atoms with van der Waals surface area (Å²) < 4.78 is 0. The lowest BCUT2D eigenvalue weighted by atomic mass is 9.82. The summed E-state index contributed by atoms with van der Waals surface area (Å²) in [5.41, 5.74) is 9.49. The minimum atomic E-state index is -0.365. The number of carbonyl (C=O) groups excluding carboxylic acids is 2. The lowest BCUT2D eigenvalue weighted by molar-refractivity contribution is -0.118. The summed E-state index contributed by atoms with van der Waals surface area (Å²) in [5, 5.41) is 3.17. The van der Waals surface area contributed by atoms with E-state index < -0.39 is 0 Å². The van der Waals surface area contributed by atoms with Gasteiger partial charge in [-0.2, -0.15) is 0 Å². The molecule has 2 aromatic carbocycles. The molecule has 3 N–H and O–H groups in total. The second-order valence-corrected chi connectivity index (χ2v) is 10.8. The first kappa shape index (κ1) is 27.6. The van der Waals surface area contributed by atoms with E-state index in [1.807, 2.05) is 30.3 Å². The quantitative estimate of drug-likeness (QED) is 0.418. The van der Waals surface area contributed by atoms with Gasteiger partial charge in [-0.15, -0.1) is 0 Å². The summed E-state index contributed by atoms with van der Waals surface area (Å²) in [7, 11) is 4.19. The minimum Gasteiger partial charge on any atom is -0.373 e. The number of nitrogens with zero attached hydrogens (tertiary/aromatic N) is 2. The Hall–Kier alpha value is -3.02. The molecule has 0 radical (unpaired) electrons. The highest BCUT2D eigenvalue weighted by Gasteiger charge is 2.27. The van der Waals surface area contributed by atoms with Crippen molar-refractivity contribution in [2.45, 2.75) is 71.4 Å². The molecule has 1 atom stereocenters. The van der Waals surface area contributed by atoms with Gasteiger partial charge in [0.2, 0.25) is 5.91 Å². The molecule has 1 saturated carbocycles. The Morgan fingerprint density at radius 1 is 0.972 bits per heavy atom. The Labute approximate surface area is 217 Å². The summed E-state index contributed by atoms with van der Waals surface area (Å²) in [6, 6.07) is 16.1. The van der Waals surface area contributed by atoms with Gasteiger partial charge in [0, 0.05) is 45.2 Å². The van der Waals surface area contributed by atoms with Crippen LogP contribution < -0.4 is 20.9 Å². The van der Waals surface area contributed by atoms with Gasteiger partial charge in [0.05, 0.1) is 11.4 Å². The van der Waals surface area contributed by atoms with Crippen LogP contribution >= 0.6 is 0 Å². The van der Waals surface area contributed by atoms with E-state index in [9.17, 15) is 9.59 Å². The van der Waals surface area contributed by atoms with Crippen molar-refractivity contribution in [3.8, 4) is 0 Å². The first-order chi connectivity index (χ1) is 17.2. The molecular formula is C30H44N4O2. The second kappa shape index (κ2) is 13.3. The van der Waals surface area contributed by atoms with Crippen molar-refractivity contribution in [1.82, 2.24) is 5.32 Å². The molecule has 1 aliphatic carbocycles. The number of carbonyl (C=O) groups is 2. The van der Waals surface area contributed by atoms with Crippen LogP contribution in [0.3, 0.4) is 0 Å². The first-order valence-electron chi connectivity index (χ1n) is 13.4. The molecule has 36 heavy (non-hydrogen) atoms. The first-order valence-corrected chi connectivity index (χ1v) is 13.4. The average molecular weight is 493 g/mol. The Balaban J connectivity index is 1.86. The maximum Gasteiger partial charge on any atom is 0.251 e. The SMILES string of the molecule is CC(C)CCN(C)c1ccc(C(=O)NC(CC(N)=O)C2CCCCC2)cc1N(C)Cc1ccccc1. The number of nitrogens with two attached hydrogens (primary N) is 1. The summed E-state index contributed by atoms with van der Waals surface area (Å²) in [6.07, 6.45) is 6.84. The molecular weight excluding hydrogens is 448 g/mol. The van der Waals surface area contributed by atoms with Crippen molar-refractivity contribution in [3.63, 3.8) is 0 Å². The Kier molecular flexibility index (Phi) is 10.2. The standard InChI is InChI=1S/C30H44N4O2/c1-22(2)17-18-33(3)27-16-15-25(19-28(27)34(4)21-23-11-7-5-8-12-23)30(36)32-26(20-29(31)35)24-13-9-6-10-14-24/h5,7-8,11-12,15-16,19,22,24,26H,6,9-10,13-14,17-18,20-21H2,1-4H3,(H2,31,35)(H,32,36). The number of anilines is 2. The number of nitrogens with one attached hydrogen (secondary N) is 1. The van der Waals surface area contributed by atoms with Crippen LogP contribution in [0.5, 0.6) is 0 Å². The molecule has 2 aromatic rings. The van der Waals surface area contributed by atoms with E-state index in [2.05, 4.69) is 61.3 Å². The van der Waals surface area contributed by atoms with Gasteiger partial charge >= 0.3 is 0 Å². The van der Waals surface area contributed by atoms with Gasteiger partial charge in [0.15, 0.2) is 0 Å². The zero-order valence-corrected chi connectivity index (χ0v) is 22.5. The van der Waals surface area contributed by atoms with Crippen molar-refractivity contribution in [2.24, 2.45) is 17.6 Å².